The van der Waals surface area contributed by atoms with E-state index in [4.69, 9.17) is 19.9 Å². The van der Waals surface area contributed by atoms with Gasteiger partial charge in [0, 0.05) is 12.1 Å². The van der Waals surface area contributed by atoms with Crippen molar-refractivity contribution in [3.8, 4) is 0 Å². The number of rotatable bonds is 9. The Hall–Kier alpha value is -0.910. The molecule has 0 aliphatic rings. The molecule has 0 rings (SSSR count). The van der Waals surface area contributed by atoms with Crippen LogP contribution in [-0.4, -0.2) is 45.5 Å². The summed E-state index contributed by atoms with van der Waals surface area (Å²) in [5.41, 5.74) is 5.61. The van der Waals surface area contributed by atoms with Crippen LogP contribution in [0.5, 0.6) is 0 Å². The molecule has 0 aromatic heterocycles. The molecule has 0 atom stereocenters. The van der Waals surface area contributed by atoms with Gasteiger partial charge >= 0.3 is 5.97 Å². The molecule has 0 amide bonds. The molecule has 0 aromatic carbocycles. The smallest absolute Gasteiger partial charge is 0.333 e. The molecular formula is C10H19NO4. The molecule has 0 aromatic rings. The first kappa shape index (κ1) is 14.1. The van der Waals surface area contributed by atoms with Crippen LogP contribution in [0, 0.1) is 0 Å². The fourth-order valence-electron chi connectivity index (χ4n) is 0.722. The summed E-state index contributed by atoms with van der Waals surface area (Å²) in [5.74, 6) is -0.391. The van der Waals surface area contributed by atoms with Gasteiger partial charge in [-0.3, -0.25) is 0 Å². The van der Waals surface area contributed by atoms with E-state index in [-0.39, 0.29) is 6.61 Å². The molecule has 0 spiro atoms. The third kappa shape index (κ3) is 9.40. The number of ether oxygens (including phenoxy) is 3. The second-order valence-electron chi connectivity index (χ2n) is 2.93. The van der Waals surface area contributed by atoms with Gasteiger partial charge in [0.05, 0.1) is 26.4 Å². The van der Waals surface area contributed by atoms with E-state index in [0.717, 1.165) is 0 Å². The molecule has 15 heavy (non-hydrogen) atoms. The number of esters is 1. The van der Waals surface area contributed by atoms with E-state index >= 15 is 0 Å². The minimum Gasteiger partial charge on any atom is -0.460 e. The van der Waals surface area contributed by atoms with Crippen molar-refractivity contribution in [1.82, 2.24) is 0 Å². The molecule has 0 unspecified atom stereocenters. The van der Waals surface area contributed by atoms with Crippen molar-refractivity contribution in [2.75, 3.05) is 39.6 Å². The summed E-state index contributed by atoms with van der Waals surface area (Å²) >= 11 is 0. The van der Waals surface area contributed by atoms with Crippen molar-refractivity contribution in [3.05, 3.63) is 12.2 Å². The van der Waals surface area contributed by atoms with Crippen molar-refractivity contribution in [3.63, 3.8) is 0 Å². The maximum absolute atomic E-state index is 10.9. The molecule has 2 N–H and O–H groups in total. The Morgan fingerprint density at radius 2 is 1.67 bits per heavy atom. The molecule has 0 bridgehead atoms. The van der Waals surface area contributed by atoms with Crippen LogP contribution < -0.4 is 5.73 Å². The van der Waals surface area contributed by atoms with Crippen LogP contribution in [0.25, 0.3) is 0 Å². The highest BCUT2D eigenvalue weighted by Gasteiger charge is 2.01. The maximum Gasteiger partial charge on any atom is 0.333 e. The highest BCUT2D eigenvalue weighted by molar-refractivity contribution is 5.86. The normalized spacial score (nSPS) is 10.0. The Kier molecular flexibility index (Phi) is 9.05. The van der Waals surface area contributed by atoms with E-state index in [1.807, 2.05) is 0 Å². The van der Waals surface area contributed by atoms with Gasteiger partial charge in [0.15, 0.2) is 0 Å². The van der Waals surface area contributed by atoms with Crippen molar-refractivity contribution in [2.45, 2.75) is 6.92 Å². The number of nitrogens with two attached hydrogens (primary N) is 1. The second-order valence-corrected chi connectivity index (χ2v) is 2.93. The molecule has 0 heterocycles. The highest BCUT2D eigenvalue weighted by Crippen LogP contribution is 1.91. The summed E-state index contributed by atoms with van der Waals surface area (Å²) in [7, 11) is 0. The quantitative estimate of drug-likeness (QED) is 0.337. The van der Waals surface area contributed by atoms with Crippen LogP contribution in [-0.2, 0) is 19.0 Å². The number of hydrogen-bond donors (Lipinski definition) is 1. The summed E-state index contributed by atoms with van der Waals surface area (Å²) in [4.78, 5) is 10.9. The van der Waals surface area contributed by atoms with E-state index in [1.165, 1.54) is 0 Å². The molecule has 0 aliphatic carbocycles. The first-order chi connectivity index (χ1) is 7.18. The summed E-state index contributed by atoms with van der Waals surface area (Å²) < 4.78 is 15.0. The Morgan fingerprint density at radius 1 is 1.13 bits per heavy atom. The van der Waals surface area contributed by atoms with E-state index in [2.05, 4.69) is 6.58 Å². The van der Waals surface area contributed by atoms with Crippen molar-refractivity contribution < 1.29 is 19.0 Å². The molecule has 88 valence electrons. The predicted molar refractivity (Wildman–Crippen MR) is 56.5 cm³/mol. The van der Waals surface area contributed by atoms with Crippen molar-refractivity contribution in [2.24, 2.45) is 5.73 Å². The third-order valence-corrected chi connectivity index (χ3v) is 1.44. The van der Waals surface area contributed by atoms with E-state index < -0.39 is 5.97 Å². The topological polar surface area (TPSA) is 70.8 Å². The van der Waals surface area contributed by atoms with Gasteiger partial charge < -0.3 is 19.9 Å². The van der Waals surface area contributed by atoms with E-state index in [1.54, 1.807) is 6.92 Å². The maximum atomic E-state index is 10.9. The van der Waals surface area contributed by atoms with Gasteiger partial charge in [-0.25, -0.2) is 4.79 Å². The minimum atomic E-state index is -0.391. The van der Waals surface area contributed by atoms with Crippen molar-refractivity contribution in [1.29, 1.82) is 0 Å². The van der Waals surface area contributed by atoms with Gasteiger partial charge in [0.25, 0.3) is 0 Å². The molecule has 0 radical (unpaired) electrons. The van der Waals surface area contributed by atoms with Gasteiger partial charge in [-0.15, -0.1) is 0 Å². The summed E-state index contributed by atoms with van der Waals surface area (Å²) in [6.45, 7) is 7.69. The molecule has 0 saturated carbocycles. The molecule has 5 heteroatoms. The average Bonchev–Trinajstić information content (AvgIpc) is 2.21. The van der Waals surface area contributed by atoms with Gasteiger partial charge in [0.2, 0.25) is 0 Å². The van der Waals surface area contributed by atoms with E-state index in [0.29, 0.717) is 38.5 Å². The van der Waals surface area contributed by atoms with Gasteiger partial charge in [-0.05, 0) is 6.92 Å². The fraction of sp³-hybridized carbons (Fsp3) is 0.700. The largest absolute Gasteiger partial charge is 0.460 e. The van der Waals surface area contributed by atoms with Gasteiger partial charge in [-0.1, -0.05) is 6.58 Å². The highest BCUT2D eigenvalue weighted by atomic mass is 16.6. The predicted octanol–water partition coefficient (Wildman–Crippen LogP) is 0.0976. The summed E-state index contributed by atoms with van der Waals surface area (Å²) in [5, 5.41) is 0. The Morgan fingerprint density at radius 3 is 2.20 bits per heavy atom. The van der Waals surface area contributed by atoms with Crippen LogP contribution in [0.2, 0.25) is 0 Å². The first-order valence-corrected chi connectivity index (χ1v) is 4.86. The molecule has 5 nitrogen and oxygen atoms in total. The first-order valence-electron chi connectivity index (χ1n) is 4.86. The molecule has 0 saturated heterocycles. The van der Waals surface area contributed by atoms with Crippen LogP contribution in [0.4, 0.5) is 0 Å². The summed E-state index contributed by atoms with van der Waals surface area (Å²) in [6, 6.07) is 0. The van der Waals surface area contributed by atoms with Crippen LogP contribution in [0.1, 0.15) is 6.92 Å². The lowest BCUT2D eigenvalue weighted by Crippen LogP contribution is -2.15. The third-order valence-electron chi connectivity index (χ3n) is 1.44. The average molecular weight is 217 g/mol. The molecule has 0 fully saturated rings. The monoisotopic (exact) mass is 217 g/mol. The van der Waals surface area contributed by atoms with Crippen LogP contribution >= 0.6 is 0 Å². The zero-order valence-corrected chi connectivity index (χ0v) is 9.16. The fourth-order valence-corrected chi connectivity index (χ4v) is 0.722. The molecular weight excluding hydrogens is 198 g/mol. The minimum absolute atomic E-state index is 0.239. The Bertz CT molecular complexity index is 194. The molecule has 0 aliphatic heterocycles. The number of carbonyl (C=O) groups is 1. The zero-order valence-electron chi connectivity index (χ0n) is 9.16. The zero-order chi connectivity index (χ0) is 11.5. The SMILES string of the molecule is C=C(C)C(=O)OCCOCCOCCN. The lowest BCUT2D eigenvalue weighted by atomic mass is 10.4. The van der Waals surface area contributed by atoms with Crippen LogP contribution in [0.3, 0.4) is 0 Å². The lowest BCUT2D eigenvalue weighted by Gasteiger charge is -2.06. The van der Waals surface area contributed by atoms with Gasteiger partial charge in [-0.2, -0.15) is 0 Å². The summed E-state index contributed by atoms with van der Waals surface area (Å²) in [6.07, 6.45) is 0. The van der Waals surface area contributed by atoms with E-state index in [9.17, 15) is 4.79 Å². The number of carbonyl (C=O) groups excluding carboxylic acids is 1. The standard InChI is InChI=1S/C10H19NO4/c1-9(2)10(12)15-8-7-14-6-5-13-4-3-11/h1,3-8,11H2,2H3. The lowest BCUT2D eigenvalue weighted by molar-refractivity contribution is -0.140. The number of hydrogen-bond acceptors (Lipinski definition) is 5. The van der Waals surface area contributed by atoms with Crippen LogP contribution in [0.15, 0.2) is 12.2 Å². The van der Waals surface area contributed by atoms with Crippen molar-refractivity contribution >= 4 is 5.97 Å². The Balaban J connectivity index is 3.11. The second kappa shape index (κ2) is 9.64. The van der Waals surface area contributed by atoms with Gasteiger partial charge in [0.1, 0.15) is 6.61 Å². The Labute approximate surface area is 90.2 Å².